The van der Waals surface area contributed by atoms with E-state index in [2.05, 4.69) is 15.2 Å². The van der Waals surface area contributed by atoms with Crippen LogP contribution in [0.25, 0.3) is 11.0 Å². The van der Waals surface area contributed by atoms with Crippen LogP contribution < -0.4 is 5.32 Å². The summed E-state index contributed by atoms with van der Waals surface area (Å²) >= 11 is 0. The van der Waals surface area contributed by atoms with Crippen molar-refractivity contribution in [3.63, 3.8) is 0 Å². The third-order valence-corrected chi connectivity index (χ3v) is 5.03. The Hall–Kier alpha value is -3.26. The van der Waals surface area contributed by atoms with Crippen LogP contribution >= 0.6 is 0 Å². The maximum atomic E-state index is 12.4. The minimum absolute atomic E-state index is 0.00251. The summed E-state index contributed by atoms with van der Waals surface area (Å²) in [6.45, 7) is 1.92. The number of hydrogen-bond acceptors (Lipinski definition) is 5. The number of hydrogen-bond donors (Lipinski definition) is 2. The van der Waals surface area contributed by atoms with Crippen molar-refractivity contribution < 1.29 is 9.72 Å². The van der Waals surface area contributed by atoms with Gasteiger partial charge >= 0.3 is 0 Å². The lowest BCUT2D eigenvalue weighted by Crippen LogP contribution is -2.40. The fourth-order valence-corrected chi connectivity index (χ4v) is 3.66. The van der Waals surface area contributed by atoms with Crippen LogP contribution in [0.3, 0.4) is 0 Å². The summed E-state index contributed by atoms with van der Waals surface area (Å²) in [5.41, 5.74) is 2.56. The average Bonchev–Trinajstić information content (AvgIpc) is 3.13. The molecule has 1 atom stereocenters. The van der Waals surface area contributed by atoms with Crippen LogP contribution in [0.5, 0.6) is 0 Å². The number of carbonyl (C=O) groups excluding carboxylic acids is 1. The number of fused-ring (bicyclic) bond motifs is 1. The molecule has 1 aliphatic rings. The third-order valence-electron chi connectivity index (χ3n) is 5.03. The Kier molecular flexibility index (Phi) is 5.03. The number of para-hydroxylation sites is 2. The van der Waals surface area contributed by atoms with Crippen LogP contribution in [0.15, 0.2) is 48.5 Å². The molecule has 2 aromatic carbocycles. The number of nitrogens with zero attached hydrogens (tertiary/aromatic N) is 3. The lowest BCUT2D eigenvalue weighted by molar-refractivity contribution is -0.384. The van der Waals surface area contributed by atoms with E-state index < -0.39 is 4.92 Å². The van der Waals surface area contributed by atoms with Gasteiger partial charge in [-0.25, -0.2) is 4.98 Å². The fourth-order valence-electron chi connectivity index (χ4n) is 3.66. The van der Waals surface area contributed by atoms with Gasteiger partial charge in [0.1, 0.15) is 5.82 Å². The average molecular weight is 379 g/mol. The van der Waals surface area contributed by atoms with Gasteiger partial charge in [-0.05, 0) is 43.7 Å². The van der Waals surface area contributed by atoms with E-state index in [0.717, 1.165) is 42.8 Å². The maximum absolute atomic E-state index is 12.4. The first-order chi connectivity index (χ1) is 13.6. The standard InChI is InChI=1S/C20H21N5O3/c26-19(21-15-7-9-16(10-8-15)25(27)28)13-24-11-3-4-14(12-24)20-22-17-5-1-2-6-18(17)23-20/h1-2,5-10,14H,3-4,11-13H2,(H,21,26)(H,22,23). The number of benzene rings is 2. The van der Waals surface area contributed by atoms with Gasteiger partial charge in [-0.2, -0.15) is 0 Å². The van der Waals surface area contributed by atoms with E-state index in [1.807, 2.05) is 24.3 Å². The van der Waals surface area contributed by atoms with Crippen LogP contribution in [0, 0.1) is 10.1 Å². The number of imidazole rings is 1. The first-order valence-corrected chi connectivity index (χ1v) is 9.30. The number of aromatic nitrogens is 2. The van der Waals surface area contributed by atoms with E-state index in [0.29, 0.717) is 5.69 Å². The number of piperidine rings is 1. The van der Waals surface area contributed by atoms with E-state index in [9.17, 15) is 14.9 Å². The molecule has 1 unspecified atom stereocenters. The first kappa shape index (κ1) is 18.1. The van der Waals surface area contributed by atoms with Gasteiger partial charge in [0.15, 0.2) is 0 Å². The van der Waals surface area contributed by atoms with Crippen LogP contribution in [0.2, 0.25) is 0 Å². The summed E-state index contributed by atoms with van der Waals surface area (Å²) in [5, 5.41) is 13.5. The number of nitro groups is 1. The first-order valence-electron chi connectivity index (χ1n) is 9.30. The molecule has 0 radical (unpaired) electrons. The van der Waals surface area contributed by atoms with Crippen LogP contribution in [0.4, 0.5) is 11.4 Å². The van der Waals surface area contributed by atoms with E-state index in [1.54, 1.807) is 12.1 Å². The van der Waals surface area contributed by atoms with Gasteiger partial charge in [-0.15, -0.1) is 0 Å². The smallest absolute Gasteiger partial charge is 0.269 e. The number of amides is 1. The normalized spacial score (nSPS) is 17.5. The Morgan fingerprint density at radius 3 is 2.79 bits per heavy atom. The van der Waals surface area contributed by atoms with Gasteiger partial charge in [-0.3, -0.25) is 19.8 Å². The lowest BCUT2D eigenvalue weighted by Gasteiger charge is -2.31. The quantitative estimate of drug-likeness (QED) is 0.523. The van der Waals surface area contributed by atoms with E-state index in [-0.39, 0.29) is 24.1 Å². The number of anilines is 1. The molecule has 28 heavy (non-hydrogen) atoms. The van der Waals surface area contributed by atoms with E-state index >= 15 is 0 Å². The minimum atomic E-state index is -0.461. The number of non-ortho nitro benzene ring substituents is 1. The van der Waals surface area contributed by atoms with Crippen molar-refractivity contribution in [2.24, 2.45) is 0 Å². The summed E-state index contributed by atoms with van der Waals surface area (Å²) in [6, 6.07) is 13.8. The summed E-state index contributed by atoms with van der Waals surface area (Å²) in [5.74, 6) is 1.12. The molecule has 1 amide bonds. The van der Waals surface area contributed by atoms with Gasteiger partial charge in [0, 0.05) is 30.3 Å². The minimum Gasteiger partial charge on any atom is -0.342 e. The number of aromatic amines is 1. The largest absolute Gasteiger partial charge is 0.342 e. The van der Waals surface area contributed by atoms with Crippen LogP contribution in [-0.2, 0) is 4.79 Å². The van der Waals surface area contributed by atoms with Crippen molar-refractivity contribution in [1.29, 1.82) is 0 Å². The molecule has 144 valence electrons. The number of rotatable bonds is 5. The molecule has 2 heterocycles. The SMILES string of the molecule is O=C(CN1CCCC(c2nc3ccccc3[nH]2)C1)Nc1ccc([N+](=O)[O-])cc1. The van der Waals surface area contributed by atoms with Crippen LogP contribution in [0.1, 0.15) is 24.6 Å². The summed E-state index contributed by atoms with van der Waals surface area (Å²) in [4.78, 5) is 32.8. The van der Waals surface area contributed by atoms with Crippen LogP contribution in [-0.4, -0.2) is 45.3 Å². The summed E-state index contributed by atoms with van der Waals surface area (Å²) in [6.07, 6.45) is 2.05. The van der Waals surface area contributed by atoms with Gasteiger partial charge in [0.05, 0.1) is 22.5 Å². The van der Waals surface area contributed by atoms with Crippen molar-refractivity contribution in [3.8, 4) is 0 Å². The Morgan fingerprint density at radius 2 is 2.04 bits per heavy atom. The van der Waals surface area contributed by atoms with E-state index in [4.69, 9.17) is 4.98 Å². The molecular weight excluding hydrogens is 358 g/mol. The molecule has 0 bridgehead atoms. The number of nitro benzene ring substituents is 1. The molecule has 8 nitrogen and oxygen atoms in total. The predicted molar refractivity (Wildman–Crippen MR) is 106 cm³/mol. The fraction of sp³-hybridized carbons (Fsp3) is 0.300. The van der Waals surface area contributed by atoms with Crippen molar-refractivity contribution in [2.45, 2.75) is 18.8 Å². The third kappa shape index (κ3) is 4.01. The van der Waals surface area contributed by atoms with Gasteiger partial charge in [0.25, 0.3) is 5.69 Å². The number of H-pyrrole nitrogens is 1. The summed E-state index contributed by atoms with van der Waals surface area (Å²) in [7, 11) is 0. The number of likely N-dealkylation sites (tertiary alicyclic amines) is 1. The zero-order valence-corrected chi connectivity index (χ0v) is 15.3. The van der Waals surface area contributed by atoms with Gasteiger partial charge in [0.2, 0.25) is 5.91 Å². The predicted octanol–water partition coefficient (Wildman–Crippen LogP) is 3.29. The molecule has 0 saturated carbocycles. The van der Waals surface area contributed by atoms with Crippen molar-refractivity contribution >= 4 is 28.3 Å². The zero-order valence-electron chi connectivity index (χ0n) is 15.3. The Morgan fingerprint density at radius 1 is 1.25 bits per heavy atom. The van der Waals surface area contributed by atoms with E-state index in [1.165, 1.54) is 12.1 Å². The summed E-state index contributed by atoms with van der Waals surface area (Å²) < 4.78 is 0. The second-order valence-corrected chi connectivity index (χ2v) is 7.07. The Balaban J connectivity index is 1.36. The molecule has 4 rings (SSSR count). The number of nitrogens with one attached hydrogen (secondary N) is 2. The van der Waals surface area contributed by atoms with Gasteiger partial charge < -0.3 is 10.3 Å². The highest BCUT2D eigenvalue weighted by Gasteiger charge is 2.25. The number of carbonyl (C=O) groups is 1. The monoisotopic (exact) mass is 379 g/mol. The van der Waals surface area contributed by atoms with Gasteiger partial charge in [-0.1, -0.05) is 12.1 Å². The second kappa shape index (κ2) is 7.77. The van der Waals surface area contributed by atoms with Crippen molar-refractivity contribution in [3.05, 3.63) is 64.5 Å². The molecule has 2 N–H and O–H groups in total. The molecule has 1 aromatic heterocycles. The molecule has 1 saturated heterocycles. The molecule has 1 aliphatic heterocycles. The molecule has 0 spiro atoms. The molecule has 3 aromatic rings. The Labute approximate surface area is 161 Å². The zero-order chi connectivity index (χ0) is 19.5. The topological polar surface area (TPSA) is 104 Å². The van der Waals surface area contributed by atoms with Crippen molar-refractivity contribution in [1.82, 2.24) is 14.9 Å². The molecular formula is C20H21N5O3. The highest BCUT2D eigenvalue weighted by atomic mass is 16.6. The molecule has 1 fully saturated rings. The molecule has 0 aliphatic carbocycles. The van der Waals surface area contributed by atoms with Crippen molar-refractivity contribution in [2.75, 3.05) is 25.0 Å². The highest BCUT2D eigenvalue weighted by Crippen LogP contribution is 2.26. The second-order valence-electron chi connectivity index (χ2n) is 7.07. The molecule has 8 heteroatoms. The Bertz CT molecular complexity index is 966. The lowest BCUT2D eigenvalue weighted by atomic mass is 9.97. The maximum Gasteiger partial charge on any atom is 0.269 e. The highest BCUT2D eigenvalue weighted by molar-refractivity contribution is 5.92.